The topological polar surface area (TPSA) is 76.9 Å². The van der Waals surface area contributed by atoms with E-state index in [2.05, 4.69) is 41.4 Å². The molecule has 0 bridgehead atoms. The van der Waals surface area contributed by atoms with E-state index in [4.69, 9.17) is 0 Å². The normalized spacial score (nSPS) is 11.5. The average molecular weight is 411 g/mol. The smallest absolute Gasteiger partial charge is 0.277 e. The maximum absolute atomic E-state index is 12.9. The van der Waals surface area contributed by atoms with E-state index in [1.165, 1.54) is 16.0 Å². The van der Waals surface area contributed by atoms with Crippen LogP contribution in [0.15, 0.2) is 35.1 Å². The van der Waals surface area contributed by atoms with E-state index in [1.54, 1.807) is 14.0 Å². The molecule has 0 atom stereocenters. The first-order valence-corrected chi connectivity index (χ1v) is 10.3. The molecule has 7 heteroatoms. The first-order chi connectivity index (χ1) is 13.6. The number of hydrogen-bond donors (Lipinski definition) is 1. The molecular weight excluding hydrogens is 384 g/mol. The molecule has 0 aliphatic rings. The van der Waals surface area contributed by atoms with Crippen LogP contribution in [0.1, 0.15) is 46.0 Å². The van der Waals surface area contributed by atoms with Gasteiger partial charge < -0.3 is 5.32 Å². The quantitative estimate of drug-likeness (QED) is 0.698. The fourth-order valence-electron chi connectivity index (χ4n) is 3.19. The molecule has 1 amide bonds. The van der Waals surface area contributed by atoms with Crippen molar-refractivity contribution in [3.05, 3.63) is 68.1 Å². The highest BCUT2D eigenvalue weighted by atomic mass is 32.1. The first kappa shape index (κ1) is 20.9. The van der Waals surface area contributed by atoms with Crippen molar-refractivity contribution in [3.8, 4) is 10.6 Å². The number of hydrogen-bond acceptors (Lipinski definition) is 5. The summed E-state index contributed by atoms with van der Waals surface area (Å²) in [4.78, 5) is 30.5. The Bertz CT molecular complexity index is 1110. The Balaban J connectivity index is 1.86. The SMILES string of the molecule is Cc1nc(-c2c(C)c(C)nn(C)c2=O)sc1C(=O)NCC(C)(C)c1ccccc1. The van der Waals surface area contributed by atoms with Gasteiger partial charge in [0.25, 0.3) is 11.5 Å². The molecule has 152 valence electrons. The molecule has 2 aromatic heterocycles. The van der Waals surface area contributed by atoms with Gasteiger partial charge >= 0.3 is 0 Å². The largest absolute Gasteiger partial charge is 0.350 e. The number of amides is 1. The van der Waals surface area contributed by atoms with Crippen molar-refractivity contribution in [1.29, 1.82) is 0 Å². The van der Waals surface area contributed by atoms with Crippen LogP contribution in [0.5, 0.6) is 0 Å². The van der Waals surface area contributed by atoms with E-state index in [0.29, 0.717) is 27.7 Å². The molecule has 1 N–H and O–H groups in total. The lowest BCUT2D eigenvalue weighted by Gasteiger charge is -2.25. The number of nitrogens with zero attached hydrogens (tertiary/aromatic N) is 3. The minimum Gasteiger partial charge on any atom is -0.350 e. The molecule has 0 aliphatic carbocycles. The van der Waals surface area contributed by atoms with Gasteiger partial charge in [-0.1, -0.05) is 44.2 Å². The van der Waals surface area contributed by atoms with E-state index in [-0.39, 0.29) is 16.9 Å². The third kappa shape index (κ3) is 4.15. The molecule has 1 aromatic carbocycles. The monoisotopic (exact) mass is 410 g/mol. The number of rotatable bonds is 5. The van der Waals surface area contributed by atoms with Crippen molar-refractivity contribution in [3.63, 3.8) is 0 Å². The number of benzene rings is 1. The summed E-state index contributed by atoms with van der Waals surface area (Å²) in [7, 11) is 1.62. The summed E-state index contributed by atoms with van der Waals surface area (Å²) in [6.45, 7) is 10.2. The standard InChI is InChI=1S/C22H26N4O2S/c1-13-14(2)25-26(6)21(28)17(13)20-24-15(3)18(29-20)19(27)23-12-22(4,5)16-10-8-7-9-11-16/h7-11H,12H2,1-6H3,(H,23,27). The third-order valence-corrected chi connectivity index (χ3v) is 6.36. The molecule has 2 heterocycles. The summed E-state index contributed by atoms with van der Waals surface area (Å²) < 4.78 is 1.32. The maximum Gasteiger partial charge on any atom is 0.277 e. The molecule has 0 saturated heterocycles. The minimum absolute atomic E-state index is 0.171. The number of thiazole rings is 1. The Labute approximate surface area is 174 Å². The van der Waals surface area contributed by atoms with Crippen LogP contribution in [0.3, 0.4) is 0 Å². The summed E-state index contributed by atoms with van der Waals surface area (Å²) in [6, 6.07) is 10.1. The molecular formula is C22H26N4O2S. The predicted molar refractivity (Wildman–Crippen MR) is 117 cm³/mol. The van der Waals surface area contributed by atoms with Crippen LogP contribution in [-0.4, -0.2) is 27.2 Å². The third-order valence-electron chi connectivity index (χ3n) is 5.19. The van der Waals surface area contributed by atoms with Gasteiger partial charge in [-0.2, -0.15) is 5.10 Å². The Morgan fingerprint density at radius 3 is 2.45 bits per heavy atom. The Kier molecular flexibility index (Phi) is 5.71. The lowest BCUT2D eigenvalue weighted by molar-refractivity contribution is 0.0949. The molecule has 0 radical (unpaired) electrons. The van der Waals surface area contributed by atoms with Crippen LogP contribution >= 0.6 is 11.3 Å². The Morgan fingerprint density at radius 2 is 1.79 bits per heavy atom. The second-order valence-electron chi connectivity index (χ2n) is 7.88. The molecule has 6 nitrogen and oxygen atoms in total. The van der Waals surface area contributed by atoms with Crippen LogP contribution < -0.4 is 10.9 Å². The Hall–Kier alpha value is -2.80. The molecule has 3 aromatic rings. The van der Waals surface area contributed by atoms with Crippen molar-refractivity contribution in [2.45, 2.75) is 40.0 Å². The van der Waals surface area contributed by atoms with Crippen molar-refractivity contribution in [2.75, 3.05) is 6.54 Å². The van der Waals surface area contributed by atoms with E-state index in [1.807, 2.05) is 32.0 Å². The lowest BCUT2D eigenvalue weighted by Crippen LogP contribution is -2.36. The summed E-state index contributed by atoms with van der Waals surface area (Å²) in [5.74, 6) is -0.171. The van der Waals surface area contributed by atoms with E-state index >= 15 is 0 Å². The summed E-state index contributed by atoms with van der Waals surface area (Å²) in [6.07, 6.45) is 0. The summed E-state index contributed by atoms with van der Waals surface area (Å²) in [5, 5.41) is 7.80. The van der Waals surface area contributed by atoms with Gasteiger partial charge in [-0.3, -0.25) is 9.59 Å². The molecule has 3 rings (SSSR count). The second kappa shape index (κ2) is 7.91. The molecule has 0 spiro atoms. The van der Waals surface area contributed by atoms with Gasteiger partial charge in [0.05, 0.1) is 17.0 Å². The number of carbonyl (C=O) groups excluding carboxylic acids is 1. The first-order valence-electron chi connectivity index (χ1n) is 9.48. The average Bonchev–Trinajstić information content (AvgIpc) is 3.07. The predicted octanol–water partition coefficient (Wildman–Crippen LogP) is 3.54. The van der Waals surface area contributed by atoms with Gasteiger partial charge in [0.1, 0.15) is 9.88 Å². The van der Waals surface area contributed by atoms with Crippen molar-refractivity contribution >= 4 is 17.2 Å². The molecule has 0 fully saturated rings. The van der Waals surface area contributed by atoms with Gasteiger partial charge in [-0.25, -0.2) is 9.67 Å². The number of aromatic nitrogens is 3. The number of nitrogens with one attached hydrogen (secondary N) is 1. The molecule has 29 heavy (non-hydrogen) atoms. The zero-order valence-corrected chi connectivity index (χ0v) is 18.5. The van der Waals surface area contributed by atoms with Gasteiger partial charge in [-0.15, -0.1) is 11.3 Å². The summed E-state index contributed by atoms with van der Waals surface area (Å²) in [5.41, 5.74) is 3.44. The van der Waals surface area contributed by atoms with Gasteiger partial charge in [0.2, 0.25) is 0 Å². The molecule has 0 saturated carbocycles. The molecule has 0 aliphatic heterocycles. The fourth-order valence-corrected chi connectivity index (χ4v) is 4.26. The van der Waals surface area contributed by atoms with Gasteiger partial charge in [0.15, 0.2) is 0 Å². The minimum atomic E-state index is -0.209. The Morgan fingerprint density at radius 1 is 1.14 bits per heavy atom. The van der Waals surface area contributed by atoms with Crippen LogP contribution in [0, 0.1) is 20.8 Å². The van der Waals surface area contributed by atoms with Crippen LogP contribution in [0.25, 0.3) is 10.6 Å². The zero-order valence-electron chi connectivity index (χ0n) is 17.7. The maximum atomic E-state index is 12.9. The lowest BCUT2D eigenvalue weighted by atomic mass is 9.84. The van der Waals surface area contributed by atoms with Gasteiger partial charge in [-0.05, 0) is 31.9 Å². The second-order valence-corrected chi connectivity index (χ2v) is 8.88. The molecule has 0 unspecified atom stereocenters. The summed E-state index contributed by atoms with van der Waals surface area (Å²) >= 11 is 1.25. The van der Waals surface area contributed by atoms with Crippen LogP contribution in [0.2, 0.25) is 0 Å². The van der Waals surface area contributed by atoms with Crippen LogP contribution in [0.4, 0.5) is 0 Å². The highest BCUT2D eigenvalue weighted by Gasteiger charge is 2.24. The van der Waals surface area contributed by atoms with E-state index in [9.17, 15) is 9.59 Å². The van der Waals surface area contributed by atoms with E-state index < -0.39 is 0 Å². The van der Waals surface area contributed by atoms with Crippen molar-refractivity contribution in [1.82, 2.24) is 20.1 Å². The van der Waals surface area contributed by atoms with Crippen molar-refractivity contribution < 1.29 is 4.79 Å². The number of carbonyl (C=O) groups is 1. The van der Waals surface area contributed by atoms with Crippen molar-refractivity contribution in [2.24, 2.45) is 7.05 Å². The number of aryl methyl sites for hydroxylation is 3. The fraction of sp³-hybridized carbons (Fsp3) is 0.364. The highest BCUT2D eigenvalue weighted by molar-refractivity contribution is 7.17. The zero-order chi connectivity index (χ0) is 21.3. The van der Waals surface area contributed by atoms with Gasteiger partial charge in [0, 0.05) is 19.0 Å². The van der Waals surface area contributed by atoms with Crippen LogP contribution in [-0.2, 0) is 12.5 Å². The van der Waals surface area contributed by atoms with E-state index in [0.717, 1.165) is 16.8 Å². The highest BCUT2D eigenvalue weighted by Crippen LogP contribution is 2.29.